The number of hydrogen-bond donors (Lipinski definition) is 1. The van der Waals surface area contributed by atoms with Crippen LogP contribution in [0.1, 0.15) is 24.2 Å². The third-order valence-corrected chi connectivity index (χ3v) is 4.26. The largest absolute Gasteiger partial charge is 0.469 e. The van der Waals surface area contributed by atoms with Crippen molar-refractivity contribution in [2.45, 2.75) is 24.6 Å². The lowest BCUT2D eigenvalue weighted by Crippen LogP contribution is -2.23. The van der Waals surface area contributed by atoms with Gasteiger partial charge in [-0.1, -0.05) is 23.7 Å². The van der Waals surface area contributed by atoms with Gasteiger partial charge in [-0.05, 0) is 24.6 Å². The van der Waals surface area contributed by atoms with Gasteiger partial charge in [0, 0.05) is 22.1 Å². The molecule has 18 heavy (non-hydrogen) atoms. The highest BCUT2D eigenvalue weighted by molar-refractivity contribution is 7.99. The highest BCUT2D eigenvalue weighted by Gasteiger charge is 2.17. The Bertz CT molecular complexity index is 381. The lowest BCUT2D eigenvalue weighted by atomic mass is 10.1. The molecular weight excluding hydrogens is 270 g/mol. The molecule has 0 aliphatic rings. The van der Waals surface area contributed by atoms with Gasteiger partial charge in [-0.15, -0.1) is 0 Å². The molecule has 100 valence electrons. The van der Waals surface area contributed by atoms with E-state index in [9.17, 15) is 4.79 Å². The van der Waals surface area contributed by atoms with Gasteiger partial charge in [0.25, 0.3) is 0 Å². The Morgan fingerprint density at radius 2 is 2.06 bits per heavy atom. The first kappa shape index (κ1) is 15.3. The fraction of sp³-hybridized carbons (Fsp3) is 0.462. The number of methoxy groups -OCH3 is 1. The average molecular weight is 288 g/mol. The van der Waals surface area contributed by atoms with Crippen LogP contribution in [-0.4, -0.2) is 24.9 Å². The van der Waals surface area contributed by atoms with Crippen LogP contribution in [0.25, 0.3) is 0 Å². The van der Waals surface area contributed by atoms with Gasteiger partial charge in [0.1, 0.15) is 0 Å². The van der Waals surface area contributed by atoms with Crippen LogP contribution in [0.15, 0.2) is 24.3 Å². The van der Waals surface area contributed by atoms with Crippen LogP contribution in [0, 0.1) is 0 Å². The second-order valence-corrected chi connectivity index (χ2v) is 5.71. The number of rotatable bonds is 6. The van der Waals surface area contributed by atoms with Crippen LogP contribution in [-0.2, 0) is 9.53 Å². The SMILES string of the molecule is COC(=O)CCSC(c1ccc(Cl)cc1)C(C)N. The maximum Gasteiger partial charge on any atom is 0.306 e. The summed E-state index contributed by atoms with van der Waals surface area (Å²) in [7, 11) is 1.40. The molecule has 2 atom stereocenters. The molecule has 0 spiro atoms. The molecule has 0 aromatic heterocycles. The van der Waals surface area contributed by atoms with Crippen molar-refractivity contribution in [3.8, 4) is 0 Å². The molecule has 0 saturated heterocycles. The Balaban J connectivity index is 2.60. The summed E-state index contributed by atoms with van der Waals surface area (Å²) < 4.78 is 4.61. The van der Waals surface area contributed by atoms with Gasteiger partial charge in [-0.2, -0.15) is 11.8 Å². The lowest BCUT2D eigenvalue weighted by Gasteiger charge is -2.20. The molecule has 0 heterocycles. The van der Waals surface area contributed by atoms with Crippen LogP contribution in [0.3, 0.4) is 0 Å². The first-order valence-corrected chi connectivity index (χ1v) is 7.16. The van der Waals surface area contributed by atoms with E-state index < -0.39 is 0 Å². The van der Waals surface area contributed by atoms with E-state index in [0.29, 0.717) is 17.2 Å². The number of nitrogens with two attached hydrogens (primary N) is 1. The molecule has 0 aliphatic heterocycles. The number of ether oxygens (including phenoxy) is 1. The van der Waals surface area contributed by atoms with Gasteiger partial charge in [-0.25, -0.2) is 0 Å². The van der Waals surface area contributed by atoms with Crippen molar-refractivity contribution >= 4 is 29.3 Å². The molecule has 1 aromatic carbocycles. The Morgan fingerprint density at radius 3 is 2.56 bits per heavy atom. The quantitative estimate of drug-likeness (QED) is 0.817. The highest BCUT2D eigenvalue weighted by atomic mass is 35.5. The minimum absolute atomic E-state index is 0.00817. The average Bonchev–Trinajstić information content (AvgIpc) is 2.35. The molecular formula is C13H18ClNO2S. The number of carbonyl (C=O) groups excluding carboxylic acids is 1. The predicted molar refractivity (Wildman–Crippen MR) is 76.9 cm³/mol. The number of halogens is 1. The van der Waals surface area contributed by atoms with Crippen molar-refractivity contribution in [3.63, 3.8) is 0 Å². The first-order valence-electron chi connectivity index (χ1n) is 5.74. The van der Waals surface area contributed by atoms with Crippen LogP contribution in [0.5, 0.6) is 0 Å². The Kier molecular flexibility index (Phi) is 6.54. The van der Waals surface area contributed by atoms with Gasteiger partial charge in [-0.3, -0.25) is 4.79 Å². The molecule has 0 radical (unpaired) electrons. The Labute approximate surface area is 117 Å². The first-order chi connectivity index (χ1) is 8.54. The van der Waals surface area contributed by atoms with Gasteiger partial charge in [0.05, 0.1) is 13.5 Å². The van der Waals surface area contributed by atoms with E-state index in [-0.39, 0.29) is 17.3 Å². The van der Waals surface area contributed by atoms with Crippen molar-refractivity contribution in [3.05, 3.63) is 34.9 Å². The minimum Gasteiger partial charge on any atom is -0.469 e. The van der Waals surface area contributed by atoms with E-state index in [4.69, 9.17) is 17.3 Å². The smallest absolute Gasteiger partial charge is 0.306 e. The van der Waals surface area contributed by atoms with E-state index in [2.05, 4.69) is 4.74 Å². The van der Waals surface area contributed by atoms with Gasteiger partial charge >= 0.3 is 5.97 Å². The molecule has 2 unspecified atom stereocenters. The zero-order chi connectivity index (χ0) is 13.5. The number of carbonyl (C=O) groups is 1. The zero-order valence-electron chi connectivity index (χ0n) is 10.6. The van der Waals surface area contributed by atoms with Gasteiger partial charge in [0.2, 0.25) is 0 Å². The standard InChI is InChI=1S/C13H18ClNO2S/c1-9(15)13(18-8-7-12(16)17-2)10-3-5-11(14)6-4-10/h3-6,9,13H,7-8,15H2,1-2H3. The summed E-state index contributed by atoms with van der Waals surface area (Å²) in [5, 5.41) is 0.869. The second kappa shape index (κ2) is 7.67. The molecule has 2 N–H and O–H groups in total. The summed E-state index contributed by atoms with van der Waals surface area (Å²) in [5.74, 6) is 0.503. The highest BCUT2D eigenvalue weighted by Crippen LogP contribution is 2.32. The molecule has 0 bridgehead atoms. The molecule has 1 aromatic rings. The van der Waals surface area contributed by atoms with Crippen molar-refractivity contribution in [2.24, 2.45) is 5.73 Å². The normalized spacial score (nSPS) is 14.0. The molecule has 0 saturated carbocycles. The Morgan fingerprint density at radius 1 is 1.44 bits per heavy atom. The summed E-state index contributed by atoms with van der Waals surface area (Å²) in [5.41, 5.74) is 7.12. The maximum absolute atomic E-state index is 11.1. The van der Waals surface area contributed by atoms with E-state index in [0.717, 1.165) is 5.56 Å². The number of hydrogen-bond acceptors (Lipinski definition) is 4. The van der Waals surface area contributed by atoms with Crippen LogP contribution in [0.2, 0.25) is 5.02 Å². The topological polar surface area (TPSA) is 52.3 Å². The van der Waals surface area contributed by atoms with Crippen LogP contribution < -0.4 is 5.73 Å². The molecule has 0 fully saturated rings. The lowest BCUT2D eigenvalue weighted by molar-refractivity contribution is -0.140. The summed E-state index contributed by atoms with van der Waals surface area (Å²) in [6.07, 6.45) is 0.401. The van der Waals surface area contributed by atoms with Gasteiger partial charge < -0.3 is 10.5 Å². The monoisotopic (exact) mass is 287 g/mol. The molecule has 5 heteroatoms. The molecule has 0 amide bonds. The third-order valence-electron chi connectivity index (χ3n) is 2.51. The minimum atomic E-state index is -0.193. The van der Waals surface area contributed by atoms with E-state index in [1.807, 2.05) is 31.2 Å². The van der Waals surface area contributed by atoms with Crippen molar-refractivity contribution in [1.82, 2.24) is 0 Å². The summed E-state index contributed by atoms with van der Waals surface area (Å²) >= 11 is 7.52. The number of benzene rings is 1. The maximum atomic E-state index is 11.1. The van der Waals surface area contributed by atoms with E-state index in [1.165, 1.54) is 7.11 Å². The van der Waals surface area contributed by atoms with Crippen LogP contribution in [0.4, 0.5) is 0 Å². The Hall–Kier alpha value is -0.710. The zero-order valence-corrected chi connectivity index (χ0v) is 12.1. The van der Waals surface area contributed by atoms with Crippen molar-refractivity contribution in [2.75, 3.05) is 12.9 Å². The molecule has 3 nitrogen and oxygen atoms in total. The number of thioether (sulfide) groups is 1. The van der Waals surface area contributed by atoms with Crippen molar-refractivity contribution in [1.29, 1.82) is 0 Å². The van der Waals surface area contributed by atoms with Crippen LogP contribution >= 0.6 is 23.4 Å². The second-order valence-electron chi connectivity index (χ2n) is 4.03. The fourth-order valence-electron chi connectivity index (χ4n) is 1.58. The van der Waals surface area contributed by atoms with E-state index in [1.54, 1.807) is 11.8 Å². The molecule has 0 aliphatic carbocycles. The fourth-order valence-corrected chi connectivity index (χ4v) is 2.89. The summed E-state index contributed by atoms with van der Waals surface area (Å²) in [6.45, 7) is 1.96. The summed E-state index contributed by atoms with van der Waals surface area (Å²) in [4.78, 5) is 11.1. The summed E-state index contributed by atoms with van der Waals surface area (Å²) in [6, 6.07) is 7.66. The molecule has 1 rings (SSSR count). The van der Waals surface area contributed by atoms with Gasteiger partial charge in [0.15, 0.2) is 0 Å². The predicted octanol–water partition coefficient (Wildman–Crippen LogP) is 3.02. The third kappa shape index (κ3) is 4.88. The van der Waals surface area contributed by atoms with Crippen molar-refractivity contribution < 1.29 is 9.53 Å². The van der Waals surface area contributed by atoms with E-state index >= 15 is 0 Å². The number of esters is 1.